The molecule has 2 aliphatic rings. The fourth-order valence-electron chi connectivity index (χ4n) is 5.78. The number of carbonyl (C=O) groups is 1. The van der Waals surface area contributed by atoms with Crippen LogP contribution in [0.25, 0.3) is 0 Å². The van der Waals surface area contributed by atoms with Crippen LogP contribution in [0.1, 0.15) is 79.6 Å². The van der Waals surface area contributed by atoms with E-state index in [1.807, 2.05) is 0 Å². The van der Waals surface area contributed by atoms with Crippen molar-refractivity contribution in [2.75, 3.05) is 19.6 Å². The summed E-state index contributed by atoms with van der Waals surface area (Å²) in [6.07, 6.45) is 6.65. The van der Waals surface area contributed by atoms with Crippen molar-refractivity contribution in [2.24, 2.45) is 22.5 Å². The Labute approximate surface area is 166 Å². The Morgan fingerprint density at radius 3 is 2.26 bits per heavy atom. The monoisotopic (exact) mass is 376 g/mol. The third-order valence-electron chi connectivity index (χ3n) is 6.39. The van der Waals surface area contributed by atoms with Crippen molar-refractivity contribution in [3.05, 3.63) is 0 Å². The average molecular weight is 377 g/mol. The Balaban J connectivity index is 1.92. The quantitative estimate of drug-likeness (QED) is 0.744. The number of nitriles is 1. The van der Waals surface area contributed by atoms with Gasteiger partial charge in [-0.1, -0.05) is 34.6 Å². The molecule has 0 spiro atoms. The van der Waals surface area contributed by atoms with Crippen molar-refractivity contribution >= 4 is 5.91 Å². The summed E-state index contributed by atoms with van der Waals surface area (Å²) in [5.41, 5.74) is 6.14. The van der Waals surface area contributed by atoms with Gasteiger partial charge in [0.25, 0.3) is 0 Å². The molecule has 27 heavy (non-hydrogen) atoms. The zero-order valence-corrected chi connectivity index (χ0v) is 18.1. The van der Waals surface area contributed by atoms with Gasteiger partial charge in [-0.25, -0.2) is 0 Å². The topological polar surface area (TPSA) is 82.2 Å². The third kappa shape index (κ3) is 6.19. The van der Waals surface area contributed by atoms with E-state index in [4.69, 9.17) is 5.73 Å². The fourth-order valence-corrected chi connectivity index (χ4v) is 5.78. The SMILES string of the molecule is CCCN1CCC(C#N)(NC(=O)C(N)CC2CC(C)(C)CC(C)(C)C2)CC1. The lowest BCUT2D eigenvalue weighted by Crippen LogP contribution is -2.58. The van der Waals surface area contributed by atoms with E-state index in [0.717, 1.165) is 38.9 Å². The Morgan fingerprint density at radius 1 is 1.22 bits per heavy atom. The maximum absolute atomic E-state index is 12.8. The van der Waals surface area contributed by atoms with E-state index < -0.39 is 11.6 Å². The average Bonchev–Trinajstić information content (AvgIpc) is 2.54. The summed E-state index contributed by atoms with van der Waals surface area (Å²) >= 11 is 0. The lowest BCUT2D eigenvalue weighted by Gasteiger charge is -2.45. The van der Waals surface area contributed by atoms with Gasteiger partial charge < -0.3 is 16.0 Å². The van der Waals surface area contributed by atoms with E-state index in [1.165, 1.54) is 6.42 Å². The van der Waals surface area contributed by atoms with Gasteiger partial charge in [0, 0.05) is 13.1 Å². The minimum atomic E-state index is -0.746. The molecular formula is C22H40N4O. The van der Waals surface area contributed by atoms with Crippen molar-refractivity contribution in [3.8, 4) is 6.07 Å². The van der Waals surface area contributed by atoms with E-state index in [1.54, 1.807) is 0 Å². The minimum absolute atomic E-state index is 0.151. The second-order valence-corrected chi connectivity index (χ2v) is 10.6. The summed E-state index contributed by atoms with van der Waals surface area (Å²) < 4.78 is 0. The molecule has 3 N–H and O–H groups in total. The van der Waals surface area contributed by atoms with Gasteiger partial charge in [-0.2, -0.15) is 5.26 Å². The molecule has 0 aromatic rings. The number of amides is 1. The van der Waals surface area contributed by atoms with Crippen molar-refractivity contribution in [1.29, 1.82) is 5.26 Å². The smallest absolute Gasteiger partial charge is 0.238 e. The van der Waals surface area contributed by atoms with Crippen molar-refractivity contribution in [2.45, 2.75) is 91.1 Å². The second-order valence-electron chi connectivity index (χ2n) is 10.6. The number of piperidine rings is 1. The van der Waals surface area contributed by atoms with Gasteiger partial charge in [0.2, 0.25) is 5.91 Å². The Hall–Kier alpha value is -1.12. The highest BCUT2D eigenvalue weighted by molar-refractivity contribution is 5.82. The first-order valence-corrected chi connectivity index (χ1v) is 10.7. The number of nitrogens with one attached hydrogen (secondary N) is 1. The first kappa shape index (κ1) is 22.2. The molecule has 1 amide bonds. The van der Waals surface area contributed by atoms with Crippen LogP contribution in [-0.2, 0) is 4.79 Å². The van der Waals surface area contributed by atoms with Crippen LogP contribution in [0.3, 0.4) is 0 Å². The lowest BCUT2D eigenvalue weighted by atomic mass is 9.60. The summed E-state index contributed by atoms with van der Waals surface area (Å²) in [5, 5.41) is 12.7. The highest BCUT2D eigenvalue weighted by Crippen LogP contribution is 2.49. The summed E-state index contributed by atoms with van der Waals surface area (Å²) in [4.78, 5) is 15.1. The maximum Gasteiger partial charge on any atom is 0.238 e. The second kappa shape index (κ2) is 8.49. The molecule has 1 aliphatic carbocycles. The number of hydrogen-bond donors (Lipinski definition) is 2. The molecule has 1 saturated carbocycles. The molecular weight excluding hydrogens is 336 g/mol. The third-order valence-corrected chi connectivity index (χ3v) is 6.39. The molecule has 1 heterocycles. The number of carbonyl (C=O) groups excluding carboxylic acids is 1. The maximum atomic E-state index is 12.8. The normalized spacial score (nSPS) is 26.1. The molecule has 5 heteroatoms. The van der Waals surface area contributed by atoms with E-state index >= 15 is 0 Å². The standard InChI is InChI=1S/C22H40N4O/c1-6-9-26-10-7-22(16-23,8-11-26)25-19(27)18(24)12-17-13-20(2,3)15-21(4,5)14-17/h17-18H,6-15,24H2,1-5H3,(H,25,27). The van der Waals surface area contributed by atoms with Gasteiger partial charge >= 0.3 is 0 Å². The zero-order chi connectivity index (χ0) is 20.3. The van der Waals surface area contributed by atoms with Crippen LogP contribution in [-0.4, -0.2) is 42.0 Å². The fraction of sp³-hybridized carbons (Fsp3) is 0.909. The van der Waals surface area contributed by atoms with Gasteiger partial charge in [0.15, 0.2) is 0 Å². The summed E-state index contributed by atoms with van der Waals surface area (Å²) in [6, 6.07) is 1.85. The number of hydrogen-bond acceptors (Lipinski definition) is 4. The van der Waals surface area contributed by atoms with Crippen molar-refractivity contribution in [3.63, 3.8) is 0 Å². The molecule has 1 aliphatic heterocycles. The summed E-state index contributed by atoms with van der Waals surface area (Å²) in [5.74, 6) is 0.315. The van der Waals surface area contributed by atoms with Gasteiger partial charge in [-0.15, -0.1) is 0 Å². The number of nitrogens with zero attached hydrogens (tertiary/aromatic N) is 2. The first-order valence-electron chi connectivity index (χ1n) is 10.7. The van der Waals surface area contributed by atoms with Crippen molar-refractivity contribution in [1.82, 2.24) is 10.2 Å². The molecule has 5 nitrogen and oxygen atoms in total. The van der Waals surface area contributed by atoms with Crippen molar-refractivity contribution < 1.29 is 4.79 Å². The lowest BCUT2D eigenvalue weighted by molar-refractivity contribution is -0.125. The molecule has 1 unspecified atom stereocenters. The molecule has 2 rings (SSSR count). The zero-order valence-electron chi connectivity index (χ0n) is 18.1. The summed E-state index contributed by atoms with van der Waals surface area (Å²) in [7, 11) is 0. The summed E-state index contributed by atoms with van der Waals surface area (Å²) in [6.45, 7) is 14.2. The van der Waals surface area contributed by atoms with Crippen LogP contribution in [0.2, 0.25) is 0 Å². The molecule has 0 aromatic heterocycles. The molecule has 154 valence electrons. The molecule has 1 saturated heterocycles. The highest BCUT2D eigenvalue weighted by atomic mass is 16.2. The number of likely N-dealkylation sites (tertiary alicyclic amines) is 1. The predicted octanol–water partition coefficient (Wildman–Crippen LogP) is 3.44. The van der Waals surface area contributed by atoms with Crippen LogP contribution >= 0.6 is 0 Å². The van der Waals surface area contributed by atoms with Crippen LogP contribution in [0.5, 0.6) is 0 Å². The van der Waals surface area contributed by atoms with Gasteiger partial charge in [0.05, 0.1) is 12.1 Å². The first-order chi connectivity index (χ1) is 12.5. The van der Waals surface area contributed by atoms with Gasteiger partial charge in [0.1, 0.15) is 5.54 Å². The number of rotatable bonds is 6. The highest BCUT2D eigenvalue weighted by Gasteiger charge is 2.41. The molecule has 1 atom stereocenters. The van der Waals surface area contributed by atoms with Crippen LogP contribution in [0.4, 0.5) is 0 Å². The van der Waals surface area contributed by atoms with Crippen LogP contribution in [0, 0.1) is 28.1 Å². The minimum Gasteiger partial charge on any atom is -0.336 e. The number of nitrogens with two attached hydrogens (primary N) is 1. The van der Waals surface area contributed by atoms with E-state index in [-0.39, 0.29) is 5.91 Å². The Morgan fingerprint density at radius 2 is 1.78 bits per heavy atom. The van der Waals surface area contributed by atoms with Gasteiger partial charge in [-0.3, -0.25) is 4.79 Å². The van der Waals surface area contributed by atoms with Crippen LogP contribution < -0.4 is 11.1 Å². The largest absolute Gasteiger partial charge is 0.336 e. The predicted molar refractivity (Wildman–Crippen MR) is 110 cm³/mol. The van der Waals surface area contributed by atoms with E-state index in [2.05, 4.69) is 50.9 Å². The van der Waals surface area contributed by atoms with Gasteiger partial charge in [-0.05, 0) is 68.2 Å². The molecule has 2 fully saturated rings. The van der Waals surface area contributed by atoms with Crippen LogP contribution in [0.15, 0.2) is 0 Å². The Bertz CT molecular complexity index is 539. The molecule has 0 radical (unpaired) electrons. The molecule has 0 bridgehead atoms. The Kier molecular flexibility index (Phi) is 6.97. The van der Waals surface area contributed by atoms with E-state index in [9.17, 15) is 10.1 Å². The van der Waals surface area contributed by atoms with E-state index in [0.29, 0.717) is 36.0 Å². The molecule has 0 aromatic carbocycles.